The summed E-state index contributed by atoms with van der Waals surface area (Å²) in [5.41, 5.74) is 0.211. The smallest absolute Gasteiger partial charge is 0.265 e. The molecule has 1 saturated heterocycles. The van der Waals surface area contributed by atoms with Gasteiger partial charge >= 0.3 is 0 Å². The van der Waals surface area contributed by atoms with Gasteiger partial charge in [0.25, 0.3) is 5.91 Å². The van der Waals surface area contributed by atoms with E-state index in [9.17, 15) is 4.79 Å². The van der Waals surface area contributed by atoms with Gasteiger partial charge in [0.15, 0.2) is 0 Å². The molecule has 1 saturated carbocycles. The number of rotatable bonds is 4. The van der Waals surface area contributed by atoms with E-state index in [-0.39, 0.29) is 11.4 Å². The zero-order valence-corrected chi connectivity index (χ0v) is 15.3. The fraction of sp³-hybridized carbons (Fsp3) is 0.778. The second-order valence-corrected chi connectivity index (χ2v) is 8.47. The average molecular weight is 336 g/mol. The topological polar surface area (TPSA) is 36.4 Å². The number of aryl methyl sites for hydroxylation is 1. The normalized spacial score (nSPS) is 22.0. The van der Waals surface area contributed by atoms with Crippen molar-refractivity contribution in [3.63, 3.8) is 0 Å². The summed E-state index contributed by atoms with van der Waals surface area (Å²) in [5, 5.41) is 0.963. The van der Waals surface area contributed by atoms with Crippen molar-refractivity contribution in [1.82, 2.24) is 14.8 Å². The molecule has 1 aliphatic heterocycles. The Morgan fingerprint density at radius 1 is 1.22 bits per heavy atom. The number of likely N-dealkylation sites (N-methyl/N-ethyl adjacent to an activating group) is 1. The van der Waals surface area contributed by atoms with E-state index in [2.05, 4.69) is 9.88 Å². The van der Waals surface area contributed by atoms with Crippen LogP contribution < -0.4 is 0 Å². The van der Waals surface area contributed by atoms with Crippen molar-refractivity contribution in [3.05, 3.63) is 16.1 Å². The number of carbonyl (C=O) groups excluding carboxylic acids is 1. The fourth-order valence-corrected chi connectivity index (χ4v) is 5.09. The third-order valence-electron chi connectivity index (χ3n) is 5.52. The molecule has 2 fully saturated rings. The molecule has 1 amide bonds. The highest BCUT2D eigenvalue weighted by molar-refractivity contribution is 7.13. The first kappa shape index (κ1) is 16.9. The van der Waals surface area contributed by atoms with E-state index in [1.54, 1.807) is 6.20 Å². The predicted molar refractivity (Wildman–Crippen MR) is 95.1 cm³/mol. The lowest BCUT2D eigenvalue weighted by atomic mass is 9.78. The third kappa shape index (κ3) is 3.77. The highest BCUT2D eigenvalue weighted by Gasteiger charge is 2.40. The molecule has 5 heteroatoms. The minimum atomic E-state index is 0.137. The predicted octanol–water partition coefficient (Wildman–Crippen LogP) is 3.71. The summed E-state index contributed by atoms with van der Waals surface area (Å²) < 4.78 is 0. The molecule has 0 atom stereocenters. The number of thiazole rings is 1. The molecule has 0 bridgehead atoms. The fourth-order valence-electron chi connectivity index (χ4n) is 4.31. The van der Waals surface area contributed by atoms with Gasteiger partial charge in [-0.15, -0.1) is 11.3 Å². The Bertz CT molecular complexity index is 530. The average Bonchev–Trinajstić information content (AvgIpc) is 3.02. The lowest BCUT2D eigenvalue weighted by Gasteiger charge is -2.49. The van der Waals surface area contributed by atoms with Gasteiger partial charge in [-0.3, -0.25) is 9.69 Å². The number of piperidine rings is 1. The molecule has 0 N–H and O–H groups in total. The minimum absolute atomic E-state index is 0.137. The highest BCUT2D eigenvalue weighted by atomic mass is 32.1. The van der Waals surface area contributed by atoms with Gasteiger partial charge in [0, 0.05) is 19.1 Å². The Morgan fingerprint density at radius 2 is 1.87 bits per heavy atom. The zero-order chi connectivity index (χ0) is 16.3. The first-order valence-corrected chi connectivity index (χ1v) is 9.85. The van der Waals surface area contributed by atoms with Crippen LogP contribution >= 0.6 is 11.3 Å². The number of carbonyl (C=O) groups is 1. The molecule has 23 heavy (non-hydrogen) atoms. The molecule has 1 aromatic rings. The number of nitrogens with zero attached hydrogens (tertiary/aromatic N) is 3. The molecule has 0 aromatic carbocycles. The Labute approximate surface area is 143 Å². The highest BCUT2D eigenvalue weighted by Crippen LogP contribution is 2.36. The summed E-state index contributed by atoms with van der Waals surface area (Å²) in [6, 6.07) is 0. The van der Waals surface area contributed by atoms with Crippen molar-refractivity contribution in [2.24, 2.45) is 0 Å². The van der Waals surface area contributed by atoms with Crippen LogP contribution in [-0.2, 0) is 0 Å². The molecule has 2 heterocycles. The molecule has 2 aliphatic rings. The quantitative estimate of drug-likeness (QED) is 0.841. The SMILES string of the molecule is Cc1ncc(C(=O)N(C)CC2(N3CCCCC3)CCCCC2)s1. The lowest BCUT2D eigenvalue weighted by Crippen LogP contribution is -2.58. The summed E-state index contributed by atoms with van der Waals surface area (Å²) >= 11 is 1.50. The number of aromatic nitrogens is 1. The van der Waals surface area contributed by atoms with E-state index in [0.717, 1.165) is 16.4 Å². The maximum Gasteiger partial charge on any atom is 0.265 e. The monoisotopic (exact) mass is 335 g/mol. The maximum absolute atomic E-state index is 12.7. The molecule has 1 aromatic heterocycles. The number of likely N-dealkylation sites (tertiary alicyclic amines) is 1. The van der Waals surface area contributed by atoms with Gasteiger partial charge in [-0.2, -0.15) is 0 Å². The van der Waals surface area contributed by atoms with Crippen LogP contribution in [0.4, 0.5) is 0 Å². The van der Waals surface area contributed by atoms with E-state index in [0.29, 0.717) is 0 Å². The second-order valence-electron chi connectivity index (χ2n) is 7.24. The summed E-state index contributed by atoms with van der Waals surface area (Å²) in [7, 11) is 1.97. The van der Waals surface area contributed by atoms with Gasteiger partial charge in [0.05, 0.1) is 11.2 Å². The van der Waals surface area contributed by atoms with Crippen LogP contribution in [-0.4, -0.2) is 52.9 Å². The minimum Gasteiger partial charge on any atom is -0.339 e. The van der Waals surface area contributed by atoms with E-state index >= 15 is 0 Å². The standard InChI is InChI=1S/C18H29N3OS/c1-15-19-13-16(23-15)17(22)20(2)14-18(9-5-3-6-10-18)21-11-7-4-8-12-21/h13H,3-12,14H2,1-2H3. The number of amides is 1. The van der Waals surface area contributed by atoms with Crippen molar-refractivity contribution >= 4 is 17.2 Å². The second kappa shape index (κ2) is 7.31. The van der Waals surface area contributed by atoms with Gasteiger partial charge in [-0.1, -0.05) is 25.7 Å². The third-order valence-corrected chi connectivity index (χ3v) is 6.42. The Morgan fingerprint density at radius 3 is 2.48 bits per heavy atom. The molecule has 0 unspecified atom stereocenters. The molecular formula is C18H29N3OS. The van der Waals surface area contributed by atoms with Crippen LogP contribution in [0.3, 0.4) is 0 Å². The largest absolute Gasteiger partial charge is 0.339 e. The first-order chi connectivity index (χ1) is 11.1. The Kier molecular flexibility index (Phi) is 5.37. The van der Waals surface area contributed by atoms with E-state index in [1.807, 2.05) is 18.9 Å². The summed E-state index contributed by atoms with van der Waals surface area (Å²) in [6.07, 6.45) is 12.2. The van der Waals surface area contributed by atoms with Crippen LogP contribution in [0.15, 0.2) is 6.20 Å². The molecule has 4 nitrogen and oxygen atoms in total. The van der Waals surface area contributed by atoms with Crippen LogP contribution in [0.1, 0.15) is 66.0 Å². The van der Waals surface area contributed by atoms with Crippen LogP contribution in [0, 0.1) is 6.92 Å². The summed E-state index contributed by atoms with van der Waals surface area (Å²) in [6.45, 7) is 5.24. The molecule has 128 valence electrons. The van der Waals surface area contributed by atoms with Gasteiger partial charge in [0.1, 0.15) is 4.88 Å². The van der Waals surface area contributed by atoms with Crippen LogP contribution in [0.25, 0.3) is 0 Å². The van der Waals surface area contributed by atoms with Gasteiger partial charge in [-0.05, 0) is 45.7 Å². The van der Waals surface area contributed by atoms with Crippen molar-refractivity contribution in [2.75, 3.05) is 26.7 Å². The van der Waals surface area contributed by atoms with Gasteiger partial charge in [-0.25, -0.2) is 4.98 Å². The summed E-state index contributed by atoms with van der Waals surface area (Å²) in [4.78, 5) is 22.4. The number of hydrogen-bond acceptors (Lipinski definition) is 4. The van der Waals surface area contributed by atoms with E-state index < -0.39 is 0 Å². The van der Waals surface area contributed by atoms with Gasteiger partial charge in [0.2, 0.25) is 0 Å². The molecule has 3 rings (SSSR count). The van der Waals surface area contributed by atoms with Crippen molar-refractivity contribution in [1.29, 1.82) is 0 Å². The molecule has 0 spiro atoms. The first-order valence-electron chi connectivity index (χ1n) is 9.04. The molecule has 1 aliphatic carbocycles. The van der Waals surface area contributed by atoms with Crippen molar-refractivity contribution in [2.45, 2.75) is 63.8 Å². The zero-order valence-electron chi connectivity index (χ0n) is 14.5. The summed E-state index contributed by atoms with van der Waals surface area (Å²) in [5.74, 6) is 0.137. The molecular weight excluding hydrogens is 306 g/mol. The van der Waals surface area contributed by atoms with Crippen LogP contribution in [0.5, 0.6) is 0 Å². The number of hydrogen-bond donors (Lipinski definition) is 0. The van der Waals surface area contributed by atoms with Crippen LogP contribution in [0.2, 0.25) is 0 Å². The van der Waals surface area contributed by atoms with Crippen molar-refractivity contribution in [3.8, 4) is 0 Å². The lowest BCUT2D eigenvalue weighted by molar-refractivity contribution is 0.0100. The Balaban J connectivity index is 1.73. The van der Waals surface area contributed by atoms with Gasteiger partial charge < -0.3 is 4.90 Å². The molecule has 0 radical (unpaired) electrons. The van der Waals surface area contributed by atoms with E-state index in [1.165, 1.54) is 75.8 Å². The van der Waals surface area contributed by atoms with Crippen molar-refractivity contribution < 1.29 is 4.79 Å². The maximum atomic E-state index is 12.7. The Hall–Kier alpha value is -0.940. The van der Waals surface area contributed by atoms with E-state index in [4.69, 9.17) is 0 Å².